The van der Waals surface area contributed by atoms with Crippen LogP contribution in [-0.2, 0) is 9.59 Å². The fraction of sp³-hybridized carbons (Fsp3) is 0.273. The topological polar surface area (TPSA) is 165 Å². The molecule has 2 aromatic heterocycles. The lowest BCUT2D eigenvalue weighted by atomic mass is 10.1. The zero-order valence-electron chi connectivity index (χ0n) is 18.7. The van der Waals surface area contributed by atoms with Crippen LogP contribution in [0.3, 0.4) is 0 Å². The molecule has 0 atom stereocenters. The van der Waals surface area contributed by atoms with Gasteiger partial charge in [-0.05, 0) is 32.0 Å². The van der Waals surface area contributed by atoms with Gasteiger partial charge in [-0.2, -0.15) is 4.39 Å². The number of amides is 2. The highest BCUT2D eigenvalue weighted by Crippen LogP contribution is 2.20. The van der Waals surface area contributed by atoms with Crippen LogP contribution in [0.2, 0.25) is 0 Å². The highest BCUT2D eigenvalue weighted by molar-refractivity contribution is 6.24. The van der Waals surface area contributed by atoms with E-state index >= 15 is 0 Å². The number of hydrogen-bond donors (Lipinski definition) is 4. The maximum absolute atomic E-state index is 14.3. The summed E-state index contributed by atoms with van der Waals surface area (Å²) in [5.74, 6) is -1.89. The van der Waals surface area contributed by atoms with Crippen molar-refractivity contribution in [3.05, 3.63) is 54.4 Å². The van der Waals surface area contributed by atoms with E-state index in [0.29, 0.717) is 11.3 Å². The zero-order chi connectivity index (χ0) is 24.5. The van der Waals surface area contributed by atoms with E-state index in [2.05, 4.69) is 30.6 Å². The first kappa shape index (κ1) is 24.5. The Bertz CT molecular complexity index is 1120. The van der Waals surface area contributed by atoms with E-state index in [1.165, 1.54) is 37.1 Å². The monoisotopic (exact) mass is 467 g/mol. The SMILES string of the molecule is CN=C/C(=C\N)c1cnc(/C(=C\N)C(=O)Nc2cc(NC(=O)CN3CCCC3)cnc2F)cn1. The molecule has 1 aliphatic heterocycles. The summed E-state index contributed by atoms with van der Waals surface area (Å²) in [5, 5.41) is 5.08. The molecule has 3 rings (SSSR count). The zero-order valence-corrected chi connectivity index (χ0v) is 18.7. The Morgan fingerprint density at radius 1 is 1.09 bits per heavy atom. The summed E-state index contributed by atoms with van der Waals surface area (Å²) in [6.07, 6.45) is 9.93. The van der Waals surface area contributed by atoms with Crippen molar-refractivity contribution in [1.82, 2.24) is 19.9 Å². The largest absolute Gasteiger partial charge is 0.404 e. The predicted molar refractivity (Wildman–Crippen MR) is 128 cm³/mol. The number of rotatable bonds is 8. The molecule has 0 bridgehead atoms. The molecular weight excluding hydrogens is 441 g/mol. The van der Waals surface area contributed by atoms with Crippen LogP contribution in [0.25, 0.3) is 11.1 Å². The van der Waals surface area contributed by atoms with Gasteiger partial charge in [0.1, 0.15) is 0 Å². The van der Waals surface area contributed by atoms with E-state index in [1.54, 1.807) is 7.05 Å². The van der Waals surface area contributed by atoms with Crippen molar-refractivity contribution >= 4 is 40.5 Å². The Morgan fingerprint density at radius 2 is 1.79 bits per heavy atom. The molecule has 3 heterocycles. The molecule has 0 aliphatic carbocycles. The number of carbonyl (C=O) groups excluding carboxylic acids is 2. The Labute approximate surface area is 195 Å². The number of carbonyl (C=O) groups is 2. The second-order valence-corrected chi connectivity index (χ2v) is 7.42. The van der Waals surface area contributed by atoms with Gasteiger partial charge in [0.15, 0.2) is 0 Å². The molecule has 0 saturated carbocycles. The number of allylic oxidation sites excluding steroid dienone is 1. The van der Waals surface area contributed by atoms with Crippen LogP contribution < -0.4 is 22.1 Å². The lowest BCUT2D eigenvalue weighted by Gasteiger charge is -2.14. The van der Waals surface area contributed by atoms with Crippen molar-refractivity contribution in [2.45, 2.75) is 12.8 Å². The number of halogens is 1. The van der Waals surface area contributed by atoms with Gasteiger partial charge >= 0.3 is 0 Å². The minimum atomic E-state index is -0.916. The lowest BCUT2D eigenvalue weighted by Crippen LogP contribution is -2.31. The molecule has 1 fully saturated rings. The van der Waals surface area contributed by atoms with E-state index in [9.17, 15) is 14.0 Å². The van der Waals surface area contributed by atoms with Gasteiger partial charge in [-0.25, -0.2) is 4.98 Å². The molecule has 34 heavy (non-hydrogen) atoms. The number of nitrogens with two attached hydrogens (primary N) is 2. The Hall–Kier alpha value is -4.19. The van der Waals surface area contributed by atoms with Crippen LogP contribution in [0.15, 0.2) is 42.0 Å². The maximum atomic E-state index is 14.3. The Morgan fingerprint density at radius 3 is 2.41 bits per heavy atom. The van der Waals surface area contributed by atoms with E-state index in [-0.39, 0.29) is 35.1 Å². The first-order valence-corrected chi connectivity index (χ1v) is 10.5. The third-order valence-corrected chi connectivity index (χ3v) is 5.02. The standard InChI is InChI=1S/C22H26FN9O2/c1-26-9-14(7-24)18-11-28-19(12-27-18)16(8-25)22(34)31-17-6-15(10-29-21(17)23)30-20(33)13-32-4-2-3-5-32/h6-12H,2-5,13,24-25H2,1H3,(H,30,33)(H,31,34)/b14-7+,16-8+,26-9?. The molecule has 6 N–H and O–H groups in total. The van der Waals surface area contributed by atoms with Crippen LogP contribution in [0.4, 0.5) is 15.8 Å². The number of aliphatic imine (C=N–C) groups is 1. The van der Waals surface area contributed by atoms with Gasteiger partial charge in [0.25, 0.3) is 5.91 Å². The number of anilines is 2. The summed E-state index contributed by atoms with van der Waals surface area (Å²) in [4.78, 5) is 42.9. The van der Waals surface area contributed by atoms with Gasteiger partial charge in [-0.1, -0.05) is 0 Å². The fourth-order valence-electron chi connectivity index (χ4n) is 3.37. The van der Waals surface area contributed by atoms with Gasteiger partial charge in [-0.15, -0.1) is 0 Å². The molecule has 0 unspecified atom stereocenters. The summed E-state index contributed by atoms with van der Waals surface area (Å²) >= 11 is 0. The molecule has 11 nitrogen and oxygen atoms in total. The lowest BCUT2D eigenvalue weighted by molar-refractivity contribution is -0.117. The Balaban J connectivity index is 1.70. The molecule has 2 amide bonds. The first-order valence-electron chi connectivity index (χ1n) is 10.5. The third-order valence-electron chi connectivity index (χ3n) is 5.02. The highest BCUT2D eigenvalue weighted by Gasteiger charge is 2.18. The fourth-order valence-corrected chi connectivity index (χ4v) is 3.37. The highest BCUT2D eigenvalue weighted by atomic mass is 19.1. The van der Waals surface area contributed by atoms with E-state index in [4.69, 9.17) is 11.5 Å². The Kier molecular flexibility index (Phi) is 8.35. The van der Waals surface area contributed by atoms with Gasteiger partial charge in [-0.3, -0.25) is 29.4 Å². The second-order valence-electron chi connectivity index (χ2n) is 7.42. The first-order chi connectivity index (χ1) is 16.4. The van der Waals surface area contributed by atoms with Crippen LogP contribution in [0, 0.1) is 5.95 Å². The molecule has 1 saturated heterocycles. The average molecular weight is 468 g/mol. The normalized spacial score (nSPS) is 15.0. The molecule has 1 aliphatic rings. The van der Waals surface area contributed by atoms with E-state index in [1.807, 2.05) is 4.90 Å². The van der Waals surface area contributed by atoms with Crippen molar-refractivity contribution in [3.63, 3.8) is 0 Å². The molecule has 0 spiro atoms. The van der Waals surface area contributed by atoms with Crippen molar-refractivity contribution in [1.29, 1.82) is 0 Å². The third kappa shape index (κ3) is 6.19. The summed E-state index contributed by atoms with van der Waals surface area (Å²) in [6.45, 7) is 1.97. The summed E-state index contributed by atoms with van der Waals surface area (Å²) in [7, 11) is 1.59. The summed E-state index contributed by atoms with van der Waals surface area (Å²) < 4.78 is 14.3. The van der Waals surface area contributed by atoms with Crippen LogP contribution >= 0.6 is 0 Å². The molecule has 2 aromatic rings. The quantitative estimate of drug-likeness (QED) is 0.253. The number of nitrogens with zero attached hydrogens (tertiary/aromatic N) is 5. The minimum absolute atomic E-state index is 0.0376. The van der Waals surface area contributed by atoms with Gasteiger partial charge in [0, 0.05) is 31.2 Å². The second kappa shape index (κ2) is 11.6. The molecule has 0 radical (unpaired) electrons. The molecule has 12 heteroatoms. The number of aromatic nitrogens is 3. The van der Waals surface area contributed by atoms with E-state index < -0.39 is 11.9 Å². The molecular formula is C22H26FN9O2. The van der Waals surface area contributed by atoms with Gasteiger partial charge < -0.3 is 22.1 Å². The van der Waals surface area contributed by atoms with Crippen molar-refractivity contribution < 1.29 is 14.0 Å². The van der Waals surface area contributed by atoms with Crippen LogP contribution in [0.1, 0.15) is 24.2 Å². The van der Waals surface area contributed by atoms with Crippen LogP contribution in [0.5, 0.6) is 0 Å². The van der Waals surface area contributed by atoms with Crippen molar-refractivity contribution in [2.75, 3.05) is 37.3 Å². The van der Waals surface area contributed by atoms with Crippen LogP contribution in [-0.4, -0.2) is 64.6 Å². The number of likely N-dealkylation sites (tertiary alicyclic amines) is 1. The number of hydrogen-bond acceptors (Lipinski definition) is 9. The minimum Gasteiger partial charge on any atom is -0.404 e. The predicted octanol–water partition coefficient (Wildman–Crippen LogP) is 0.983. The van der Waals surface area contributed by atoms with Crippen molar-refractivity contribution in [2.24, 2.45) is 16.5 Å². The van der Waals surface area contributed by atoms with Gasteiger partial charge in [0.2, 0.25) is 11.9 Å². The van der Waals surface area contributed by atoms with Crippen molar-refractivity contribution in [3.8, 4) is 0 Å². The van der Waals surface area contributed by atoms with Gasteiger partial charge in [0.05, 0.1) is 53.5 Å². The summed E-state index contributed by atoms with van der Waals surface area (Å²) in [5.41, 5.74) is 12.3. The maximum Gasteiger partial charge on any atom is 0.259 e. The number of pyridine rings is 1. The summed E-state index contributed by atoms with van der Waals surface area (Å²) in [6, 6.07) is 1.29. The molecule has 0 aromatic carbocycles. The molecule has 178 valence electrons. The average Bonchev–Trinajstić information content (AvgIpc) is 3.33. The smallest absolute Gasteiger partial charge is 0.259 e. The van der Waals surface area contributed by atoms with E-state index in [0.717, 1.165) is 32.1 Å². The number of nitrogens with one attached hydrogen (secondary N) is 2.